The van der Waals surface area contributed by atoms with Gasteiger partial charge in [0.1, 0.15) is 17.1 Å². The number of anilines is 1. The third kappa shape index (κ3) is 3.75. The van der Waals surface area contributed by atoms with E-state index >= 15 is 0 Å². The number of methoxy groups -OCH3 is 1. The fourth-order valence-corrected chi connectivity index (χ4v) is 3.70. The lowest BCUT2D eigenvalue weighted by Gasteiger charge is -2.18. The van der Waals surface area contributed by atoms with Crippen molar-refractivity contribution in [1.29, 1.82) is 0 Å². The van der Waals surface area contributed by atoms with Gasteiger partial charge in [-0.1, -0.05) is 6.07 Å². The van der Waals surface area contributed by atoms with E-state index in [1.54, 1.807) is 13.2 Å². The Morgan fingerprint density at radius 1 is 1.14 bits per heavy atom. The second kappa shape index (κ2) is 7.44. The fraction of sp³-hybridized carbons (Fsp3) is 0.143. The predicted octanol–water partition coefficient (Wildman–Crippen LogP) is 4.40. The van der Waals surface area contributed by atoms with Crippen LogP contribution in [0.1, 0.15) is 11.3 Å². The summed E-state index contributed by atoms with van der Waals surface area (Å²) in [4.78, 5) is 25.5. The second-order valence-electron chi connectivity index (χ2n) is 6.42. The van der Waals surface area contributed by atoms with Gasteiger partial charge in [-0.25, -0.2) is 0 Å². The van der Waals surface area contributed by atoms with E-state index in [4.69, 9.17) is 9.15 Å². The molecule has 4 rings (SSSR count). The molecule has 2 aromatic carbocycles. The van der Waals surface area contributed by atoms with Crippen molar-refractivity contribution in [2.45, 2.75) is 6.54 Å². The molecule has 1 aromatic heterocycles. The molecule has 0 radical (unpaired) electrons. The molecule has 1 N–H and O–H groups in total. The molecular formula is C21H18N2O4S. The number of rotatable bonds is 5. The van der Waals surface area contributed by atoms with Crippen LogP contribution in [0, 0.1) is 0 Å². The number of benzene rings is 2. The van der Waals surface area contributed by atoms with E-state index in [1.165, 1.54) is 0 Å². The number of carbonyl (C=O) groups is 2. The van der Waals surface area contributed by atoms with Crippen molar-refractivity contribution < 1.29 is 18.7 Å². The van der Waals surface area contributed by atoms with E-state index in [2.05, 4.69) is 10.2 Å². The molecule has 6 nitrogen and oxygen atoms in total. The molecule has 2 amide bonds. The SMILES string of the molecule is COc1ccc(N(C)Cc2cc3cc(C=C4SC(=O)NC4=O)ccc3o2)cc1. The summed E-state index contributed by atoms with van der Waals surface area (Å²) in [7, 11) is 3.64. The second-order valence-corrected chi connectivity index (χ2v) is 7.43. The lowest BCUT2D eigenvalue weighted by Crippen LogP contribution is -2.17. The van der Waals surface area contributed by atoms with E-state index in [-0.39, 0.29) is 11.1 Å². The number of nitrogens with one attached hydrogen (secondary N) is 1. The Morgan fingerprint density at radius 2 is 1.93 bits per heavy atom. The van der Waals surface area contributed by atoms with Crippen molar-refractivity contribution in [3.63, 3.8) is 0 Å². The van der Waals surface area contributed by atoms with E-state index in [9.17, 15) is 9.59 Å². The van der Waals surface area contributed by atoms with Crippen molar-refractivity contribution in [1.82, 2.24) is 5.32 Å². The molecule has 1 aliphatic rings. The molecule has 7 heteroatoms. The maximum absolute atomic E-state index is 11.7. The van der Waals surface area contributed by atoms with Crippen molar-refractivity contribution in [3.05, 3.63) is 64.8 Å². The summed E-state index contributed by atoms with van der Waals surface area (Å²) in [6, 6.07) is 15.5. The van der Waals surface area contributed by atoms with Crippen LogP contribution in [0.5, 0.6) is 5.75 Å². The molecule has 0 bridgehead atoms. The zero-order chi connectivity index (χ0) is 19.7. The Balaban J connectivity index is 1.53. The zero-order valence-corrected chi connectivity index (χ0v) is 16.2. The quantitative estimate of drug-likeness (QED) is 0.647. The van der Waals surface area contributed by atoms with Gasteiger partial charge in [0.2, 0.25) is 0 Å². The topological polar surface area (TPSA) is 71.8 Å². The number of hydrogen-bond acceptors (Lipinski definition) is 6. The van der Waals surface area contributed by atoms with Gasteiger partial charge in [-0.2, -0.15) is 0 Å². The van der Waals surface area contributed by atoms with Crippen LogP contribution < -0.4 is 15.0 Å². The van der Waals surface area contributed by atoms with Gasteiger partial charge in [-0.05, 0) is 65.9 Å². The Kier molecular flexibility index (Phi) is 4.83. The van der Waals surface area contributed by atoms with Crippen LogP contribution in [0.2, 0.25) is 0 Å². The van der Waals surface area contributed by atoms with Gasteiger partial charge >= 0.3 is 0 Å². The summed E-state index contributed by atoms with van der Waals surface area (Å²) in [5, 5.41) is 2.86. The molecule has 1 aliphatic heterocycles. The molecule has 0 atom stereocenters. The highest BCUT2D eigenvalue weighted by Crippen LogP contribution is 2.28. The van der Waals surface area contributed by atoms with Crippen LogP contribution >= 0.6 is 11.8 Å². The third-order valence-electron chi connectivity index (χ3n) is 4.44. The lowest BCUT2D eigenvalue weighted by atomic mass is 10.1. The molecule has 142 valence electrons. The Bertz CT molecular complexity index is 1090. The summed E-state index contributed by atoms with van der Waals surface area (Å²) in [6.07, 6.45) is 1.71. The van der Waals surface area contributed by atoms with Gasteiger partial charge in [-0.3, -0.25) is 14.9 Å². The predicted molar refractivity (Wildman–Crippen MR) is 110 cm³/mol. The van der Waals surface area contributed by atoms with Crippen LogP contribution in [0.25, 0.3) is 17.0 Å². The zero-order valence-electron chi connectivity index (χ0n) is 15.4. The molecule has 2 heterocycles. The summed E-state index contributed by atoms with van der Waals surface area (Å²) < 4.78 is 11.1. The monoisotopic (exact) mass is 394 g/mol. The molecule has 0 aliphatic carbocycles. The van der Waals surface area contributed by atoms with Crippen LogP contribution in [-0.2, 0) is 11.3 Å². The van der Waals surface area contributed by atoms with E-state index in [0.29, 0.717) is 11.4 Å². The fourth-order valence-electron chi connectivity index (χ4n) is 3.02. The van der Waals surface area contributed by atoms with E-state index in [1.807, 2.05) is 55.6 Å². The minimum atomic E-state index is -0.357. The normalized spacial score (nSPS) is 15.3. The van der Waals surface area contributed by atoms with E-state index < -0.39 is 0 Å². The largest absolute Gasteiger partial charge is 0.497 e. The van der Waals surface area contributed by atoms with Crippen LogP contribution in [-0.4, -0.2) is 25.3 Å². The Hall–Kier alpha value is -3.19. The summed E-state index contributed by atoms with van der Waals surface area (Å²) in [5.41, 5.74) is 2.68. The van der Waals surface area contributed by atoms with Gasteiger partial charge in [0.15, 0.2) is 0 Å². The molecular weight excluding hydrogens is 376 g/mol. The maximum Gasteiger partial charge on any atom is 0.290 e. The van der Waals surface area contributed by atoms with E-state index in [0.717, 1.165) is 45.5 Å². The number of ether oxygens (including phenoxy) is 1. The Morgan fingerprint density at radius 3 is 2.61 bits per heavy atom. The number of imide groups is 1. The number of amides is 2. The van der Waals surface area contributed by atoms with Crippen molar-refractivity contribution in [3.8, 4) is 5.75 Å². The summed E-state index contributed by atoms with van der Waals surface area (Å²) in [5.74, 6) is 1.30. The minimum Gasteiger partial charge on any atom is -0.497 e. The van der Waals surface area contributed by atoms with Gasteiger partial charge in [-0.15, -0.1) is 0 Å². The standard InChI is InChI=1S/C21H18N2O4S/c1-23(15-4-6-16(26-2)7-5-15)12-17-11-14-9-13(3-8-18(14)27-17)10-19-20(24)22-21(25)28-19/h3-11H,12H2,1-2H3,(H,22,24,25). The average Bonchev–Trinajstić information content (AvgIpc) is 3.23. The van der Waals surface area contributed by atoms with Gasteiger partial charge in [0, 0.05) is 18.1 Å². The first kappa shape index (κ1) is 18.2. The first-order valence-corrected chi connectivity index (χ1v) is 9.46. The first-order chi connectivity index (χ1) is 13.5. The molecule has 0 spiro atoms. The molecule has 3 aromatic rings. The average molecular weight is 394 g/mol. The number of nitrogens with zero attached hydrogens (tertiary/aromatic N) is 1. The maximum atomic E-state index is 11.7. The molecule has 0 saturated carbocycles. The van der Waals surface area contributed by atoms with Crippen molar-refractivity contribution in [2.75, 3.05) is 19.1 Å². The van der Waals surface area contributed by atoms with Gasteiger partial charge in [0.05, 0.1) is 18.6 Å². The Labute approximate surface area is 166 Å². The van der Waals surface area contributed by atoms with Gasteiger partial charge in [0.25, 0.3) is 11.1 Å². The summed E-state index contributed by atoms with van der Waals surface area (Å²) >= 11 is 0.910. The highest BCUT2D eigenvalue weighted by atomic mass is 32.2. The number of furan rings is 1. The van der Waals surface area contributed by atoms with Crippen LogP contribution in [0.4, 0.5) is 10.5 Å². The van der Waals surface area contributed by atoms with Gasteiger partial charge < -0.3 is 14.1 Å². The highest BCUT2D eigenvalue weighted by molar-refractivity contribution is 8.18. The van der Waals surface area contributed by atoms with Crippen LogP contribution in [0.3, 0.4) is 0 Å². The van der Waals surface area contributed by atoms with Crippen molar-refractivity contribution in [2.24, 2.45) is 0 Å². The number of thioether (sulfide) groups is 1. The first-order valence-electron chi connectivity index (χ1n) is 8.64. The van der Waals surface area contributed by atoms with Crippen molar-refractivity contribution >= 4 is 45.6 Å². The lowest BCUT2D eigenvalue weighted by molar-refractivity contribution is -0.115. The summed E-state index contributed by atoms with van der Waals surface area (Å²) in [6.45, 7) is 0.615. The number of hydrogen-bond donors (Lipinski definition) is 1. The number of carbonyl (C=O) groups excluding carboxylic acids is 2. The van der Waals surface area contributed by atoms with Crippen LogP contribution in [0.15, 0.2) is 57.9 Å². The molecule has 0 unspecified atom stereocenters. The smallest absolute Gasteiger partial charge is 0.290 e. The third-order valence-corrected chi connectivity index (χ3v) is 5.25. The molecule has 1 saturated heterocycles. The highest BCUT2D eigenvalue weighted by Gasteiger charge is 2.24. The molecule has 28 heavy (non-hydrogen) atoms. The molecule has 1 fully saturated rings. The number of fused-ring (bicyclic) bond motifs is 1. The minimum absolute atomic E-state index is 0.343.